The molecule has 0 aliphatic carbocycles. The number of hydrogen-bond acceptors (Lipinski definition) is 4. The Labute approximate surface area is 133 Å². The molecule has 3 N–H and O–H groups in total. The third-order valence-corrected chi connectivity index (χ3v) is 3.99. The summed E-state index contributed by atoms with van der Waals surface area (Å²) in [6, 6.07) is 3.10. The van der Waals surface area contributed by atoms with Gasteiger partial charge in [0.2, 0.25) is 0 Å². The first-order chi connectivity index (χ1) is 10.9. The fraction of sp³-hybridized carbons (Fsp3) is 0.353. The predicted octanol–water partition coefficient (Wildman–Crippen LogP) is 1.79. The van der Waals surface area contributed by atoms with Crippen LogP contribution in [-0.2, 0) is 22.4 Å². The van der Waals surface area contributed by atoms with E-state index in [4.69, 9.17) is 5.73 Å². The SMILES string of the molecule is CCC(=O)CCc1c(CC)c(C(=O)C(N)=O)c2c(O)cccn12. The van der Waals surface area contributed by atoms with Crippen molar-refractivity contribution in [2.24, 2.45) is 5.73 Å². The monoisotopic (exact) mass is 316 g/mol. The van der Waals surface area contributed by atoms with Crippen molar-refractivity contribution in [2.45, 2.75) is 39.5 Å². The minimum Gasteiger partial charge on any atom is -0.506 e. The Morgan fingerprint density at radius 2 is 1.96 bits per heavy atom. The number of amides is 1. The highest BCUT2D eigenvalue weighted by atomic mass is 16.3. The Bertz CT molecular complexity index is 789. The molecule has 2 rings (SSSR count). The number of rotatable bonds is 7. The van der Waals surface area contributed by atoms with E-state index in [0.717, 1.165) is 5.69 Å². The molecular weight excluding hydrogens is 296 g/mol. The second kappa shape index (κ2) is 6.64. The number of aromatic nitrogens is 1. The molecule has 0 radical (unpaired) electrons. The van der Waals surface area contributed by atoms with Crippen LogP contribution in [0.1, 0.15) is 48.3 Å². The lowest BCUT2D eigenvalue weighted by atomic mass is 10.00. The standard InChI is InChI=1S/C17H20N2O4/c1-3-10(20)7-8-12-11(4-2)14(16(22)17(18)23)15-13(21)6-5-9-19(12)15/h5-6,9,21H,3-4,7-8H2,1-2H3,(H2,18,23). The summed E-state index contributed by atoms with van der Waals surface area (Å²) in [5, 5.41) is 10.1. The Kier molecular flexibility index (Phi) is 4.83. The van der Waals surface area contributed by atoms with Crippen LogP contribution in [0.5, 0.6) is 5.75 Å². The maximum absolute atomic E-state index is 12.2. The first-order valence-electron chi connectivity index (χ1n) is 7.61. The zero-order chi connectivity index (χ0) is 17.1. The van der Waals surface area contributed by atoms with Crippen LogP contribution in [-0.4, -0.2) is 27.0 Å². The van der Waals surface area contributed by atoms with E-state index in [1.165, 1.54) is 6.07 Å². The van der Waals surface area contributed by atoms with Gasteiger partial charge in [0.15, 0.2) is 0 Å². The average Bonchev–Trinajstić information content (AvgIpc) is 2.86. The van der Waals surface area contributed by atoms with Gasteiger partial charge in [-0.1, -0.05) is 13.8 Å². The number of aromatic hydroxyl groups is 1. The second-order valence-corrected chi connectivity index (χ2v) is 5.35. The van der Waals surface area contributed by atoms with Crippen molar-refractivity contribution >= 4 is 23.0 Å². The lowest BCUT2D eigenvalue weighted by molar-refractivity contribution is -0.118. The maximum Gasteiger partial charge on any atom is 0.289 e. The van der Waals surface area contributed by atoms with Gasteiger partial charge in [-0.15, -0.1) is 0 Å². The van der Waals surface area contributed by atoms with Gasteiger partial charge in [-0.2, -0.15) is 0 Å². The summed E-state index contributed by atoms with van der Waals surface area (Å²) in [5.41, 5.74) is 6.97. The molecule has 0 saturated carbocycles. The molecule has 1 amide bonds. The number of hydrogen-bond donors (Lipinski definition) is 2. The number of pyridine rings is 1. The molecule has 0 unspecified atom stereocenters. The second-order valence-electron chi connectivity index (χ2n) is 5.35. The number of nitrogens with two attached hydrogens (primary N) is 1. The maximum atomic E-state index is 12.2. The van der Waals surface area contributed by atoms with Crippen LogP contribution in [0, 0.1) is 0 Å². The van der Waals surface area contributed by atoms with Gasteiger partial charge in [-0.25, -0.2) is 0 Å². The number of Topliss-reactive ketones (excluding diaryl/α,β-unsaturated/α-hetero) is 2. The van der Waals surface area contributed by atoms with Crippen molar-refractivity contribution in [2.75, 3.05) is 0 Å². The van der Waals surface area contributed by atoms with Gasteiger partial charge in [0.25, 0.3) is 11.7 Å². The van der Waals surface area contributed by atoms with Crippen LogP contribution in [0.25, 0.3) is 5.52 Å². The fourth-order valence-corrected chi connectivity index (χ4v) is 2.86. The first-order valence-corrected chi connectivity index (χ1v) is 7.61. The van der Waals surface area contributed by atoms with Gasteiger partial charge in [-0.05, 0) is 30.5 Å². The number of aryl methyl sites for hydroxylation is 1. The van der Waals surface area contributed by atoms with Crippen LogP contribution in [0.2, 0.25) is 0 Å². The summed E-state index contributed by atoms with van der Waals surface area (Å²) in [7, 11) is 0. The number of primary amides is 1. The summed E-state index contributed by atoms with van der Waals surface area (Å²) in [6.45, 7) is 3.65. The number of ketones is 2. The highest BCUT2D eigenvalue weighted by Gasteiger charge is 2.27. The molecule has 122 valence electrons. The molecule has 0 aromatic carbocycles. The Balaban J connectivity index is 2.71. The third-order valence-electron chi connectivity index (χ3n) is 3.99. The molecule has 2 aromatic heterocycles. The molecule has 0 aliphatic rings. The van der Waals surface area contributed by atoms with Crippen LogP contribution >= 0.6 is 0 Å². The molecule has 2 heterocycles. The smallest absolute Gasteiger partial charge is 0.289 e. The van der Waals surface area contributed by atoms with Gasteiger partial charge >= 0.3 is 0 Å². The number of carbonyl (C=O) groups excluding carboxylic acids is 3. The van der Waals surface area contributed by atoms with Crippen LogP contribution in [0.15, 0.2) is 18.3 Å². The topological polar surface area (TPSA) is 102 Å². The summed E-state index contributed by atoms with van der Waals surface area (Å²) >= 11 is 0. The number of carbonyl (C=O) groups is 3. The molecule has 0 spiro atoms. The van der Waals surface area contributed by atoms with E-state index in [0.29, 0.717) is 31.2 Å². The molecule has 6 nitrogen and oxygen atoms in total. The fourth-order valence-electron chi connectivity index (χ4n) is 2.86. The summed E-state index contributed by atoms with van der Waals surface area (Å²) in [6.07, 6.45) is 3.42. The van der Waals surface area contributed by atoms with E-state index in [9.17, 15) is 19.5 Å². The van der Waals surface area contributed by atoms with Crippen LogP contribution in [0.4, 0.5) is 0 Å². The molecule has 0 bridgehead atoms. The van der Waals surface area contributed by atoms with E-state index < -0.39 is 11.7 Å². The van der Waals surface area contributed by atoms with Crippen LogP contribution in [0.3, 0.4) is 0 Å². The quantitative estimate of drug-likeness (QED) is 0.600. The molecule has 0 saturated heterocycles. The van der Waals surface area contributed by atoms with Gasteiger partial charge in [-0.3, -0.25) is 14.4 Å². The Morgan fingerprint density at radius 3 is 2.52 bits per heavy atom. The molecule has 2 aromatic rings. The van der Waals surface area contributed by atoms with Crippen molar-refractivity contribution in [3.63, 3.8) is 0 Å². The zero-order valence-corrected chi connectivity index (χ0v) is 13.3. The molecule has 0 atom stereocenters. The minimum atomic E-state index is -1.06. The van der Waals surface area contributed by atoms with E-state index in [2.05, 4.69) is 0 Å². The molecule has 6 heteroatoms. The van der Waals surface area contributed by atoms with Gasteiger partial charge in [0, 0.05) is 24.7 Å². The van der Waals surface area contributed by atoms with Crippen molar-refractivity contribution < 1.29 is 19.5 Å². The Hall–Kier alpha value is -2.63. The van der Waals surface area contributed by atoms with Crippen molar-refractivity contribution in [1.29, 1.82) is 0 Å². The summed E-state index contributed by atoms with van der Waals surface area (Å²) in [5.74, 6) is -1.87. The number of fused-ring (bicyclic) bond motifs is 1. The van der Waals surface area contributed by atoms with E-state index in [1.807, 2.05) is 6.92 Å². The van der Waals surface area contributed by atoms with Crippen molar-refractivity contribution in [1.82, 2.24) is 4.40 Å². The van der Waals surface area contributed by atoms with E-state index in [1.54, 1.807) is 23.6 Å². The van der Waals surface area contributed by atoms with Crippen LogP contribution < -0.4 is 5.73 Å². The molecule has 0 aliphatic heterocycles. The molecule has 0 fully saturated rings. The number of nitrogens with zero attached hydrogens (tertiary/aromatic N) is 1. The van der Waals surface area contributed by atoms with E-state index in [-0.39, 0.29) is 22.6 Å². The highest BCUT2D eigenvalue weighted by Crippen LogP contribution is 2.31. The first kappa shape index (κ1) is 16.7. The lowest BCUT2D eigenvalue weighted by Gasteiger charge is -2.05. The van der Waals surface area contributed by atoms with Crippen molar-refractivity contribution in [3.8, 4) is 5.75 Å². The highest BCUT2D eigenvalue weighted by molar-refractivity contribution is 6.44. The molecule has 23 heavy (non-hydrogen) atoms. The predicted molar refractivity (Wildman–Crippen MR) is 85.6 cm³/mol. The van der Waals surface area contributed by atoms with E-state index >= 15 is 0 Å². The van der Waals surface area contributed by atoms with Gasteiger partial charge in [0.1, 0.15) is 11.5 Å². The van der Waals surface area contributed by atoms with Crippen molar-refractivity contribution in [3.05, 3.63) is 35.2 Å². The minimum absolute atomic E-state index is 0.0973. The largest absolute Gasteiger partial charge is 0.506 e. The normalized spacial score (nSPS) is 10.9. The average molecular weight is 316 g/mol. The molecular formula is C17H20N2O4. The lowest BCUT2D eigenvalue weighted by Crippen LogP contribution is -2.24. The van der Waals surface area contributed by atoms with Gasteiger partial charge < -0.3 is 15.2 Å². The Morgan fingerprint density at radius 1 is 1.26 bits per heavy atom. The summed E-state index contributed by atoms with van der Waals surface area (Å²) in [4.78, 5) is 35.2. The summed E-state index contributed by atoms with van der Waals surface area (Å²) < 4.78 is 1.67. The van der Waals surface area contributed by atoms with Gasteiger partial charge in [0.05, 0.1) is 11.1 Å². The third kappa shape index (κ3) is 2.97. The zero-order valence-electron chi connectivity index (χ0n) is 13.3.